The number of aromatic nitrogens is 1. The highest BCUT2D eigenvalue weighted by Crippen LogP contribution is 2.23. The van der Waals surface area contributed by atoms with Gasteiger partial charge in [-0.15, -0.1) is 0 Å². The van der Waals surface area contributed by atoms with Gasteiger partial charge in [-0.1, -0.05) is 19.1 Å². The molecule has 4 heteroatoms. The van der Waals surface area contributed by atoms with Crippen LogP contribution in [0.1, 0.15) is 13.3 Å². The lowest BCUT2D eigenvalue weighted by Crippen LogP contribution is -2.10. The van der Waals surface area contributed by atoms with E-state index in [1.165, 1.54) is 0 Å². The number of benzene rings is 1. The van der Waals surface area contributed by atoms with Gasteiger partial charge in [0.2, 0.25) is 0 Å². The minimum absolute atomic E-state index is 0.723. The third-order valence-electron chi connectivity index (χ3n) is 2.59. The Hall–Kier alpha value is -1.13. The quantitative estimate of drug-likeness (QED) is 0.823. The molecule has 0 spiro atoms. The second-order valence-corrected chi connectivity index (χ2v) is 4.99. The maximum Gasteiger partial charge on any atom is 0.0934 e. The standard InChI is InChI=1S/C14H17BrN2O/c1-2-7-18-8-6-16-13-5-3-4-11-9-12(15)10-17-14(11)13/h3-5,9-10,16H,2,6-8H2,1H3. The van der Waals surface area contributed by atoms with Crippen molar-refractivity contribution >= 4 is 32.5 Å². The van der Waals surface area contributed by atoms with E-state index in [0.29, 0.717) is 0 Å². The van der Waals surface area contributed by atoms with Crippen LogP contribution in [0.15, 0.2) is 34.9 Å². The van der Waals surface area contributed by atoms with E-state index in [1.807, 2.05) is 18.3 Å². The van der Waals surface area contributed by atoms with Gasteiger partial charge in [-0.05, 0) is 34.5 Å². The zero-order valence-corrected chi connectivity index (χ0v) is 12.0. The molecule has 96 valence electrons. The summed E-state index contributed by atoms with van der Waals surface area (Å²) in [4.78, 5) is 4.45. The average molecular weight is 309 g/mol. The van der Waals surface area contributed by atoms with E-state index in [-0.39, 0.29) is 0 Å². The Kier molecular flexibility index (Phi) is 4.96. The van der Waals surface area contributed by atoms with Crippen molar-refractivity contribution in [2.75, 3.05) is 25.1 Å². The van der Waals surface area contributed by atoms with Crippen LogP contribution in [0.2, 0.25) is 0 Å². The normalized spacial score (nSPS) is 10.8. The number of nitrogens with zero attached hydrogens (tertiary/aromatic N) is 1. The van der Waals surface area contributed by atoms with Crippen LogP contribution < -0.4 is 5.32 Å². The highest BCUT2D eigenvalue weighted by molar-refractivity contribution is 9.10. The lowest BCUT2D eigenvalue weighted by molar-refractivity contribution is 0.144. The van der Waals surface area contributed by atoms with Gasteiger partial charge in [0.15, 0.2) is 0 Å². The summed E-state index contributed by atoms with van der Waals surface area (Å²) in [7, 11) is 0. The van der Waals surface area contributed by atoms with Crippen molar-refractivity contribution in [3.63, 3.8) is 0 Å². The number of pyridine rings is 1. The molecular formula is C14H17BrN2O. The second kappa shape index (κ2) is 6.71. The number of anilines is 1. The van der Waals surface area contributed by atoms with Crippen LogP contribution in [0.25, 0.3) is 10.9 Å². The van der Waals surface area contributed by atoms with Crippen molar-refractivity contribution < 1.29 is 4.74 Å². The van der Waals surface area contributed by atoms with Gasteiger partial charge in [0.25, 0.3) is 0 Å². The van der Waals surface area contributed by atoms with Crippen molar-refractivity contribution in [2.24, 2.45) is 0 Å². The first-order chi connectivity index (χ1) is 8.81. The molecule has 2 aromatic rings. The molecule has 0 saturated heterocycles. The maximum atomic E-state index is 5.45. The minimum Gasteiger partial charge on any atom is -0.381 e. The van der Waals surface area contributed by atoms with E-state index in [4.69, 9.17) is 4.74 Å². The van der Waals surface area contributed by atoms with Crippen molar-refractivity contribution in [1.29, 1.82) is 0 Å². The van der Waals surface area contributed by atoms with Gasteiger partial charge in [0.1, 0.15) is 0 Å². The van der Waals surface area contributed by atoms with Crippen molar-refractivity contribution in [2.45, 2.75) is 13.3 Å². The van der Waals surface area contributed by atoms with Crippen LogP contribution >= 0.6 is 15.9 Å². The van der Waals surface area contributed by atoms with Crippen molar-refractivity contribution in [3.05, 3.63) is 34.9 Å². The number of rotatable bonds is 6. The second-order valence-electron chi connectivity index (χ2n) is 4.07. The minimum atomic E-state index is 0.723. The number of para-hydroxylation sites is 1. The van der Waals surface area contributed by atoms with E-state index in [1.54, 1.807) is 0 Å². The van der Waals surface area contributed by atoms with Gasteiger partial charge in [0.05, 0.1) is 17.8 Å². The van der Waals surface area contributed by atoms with Crippen LogP contribution in [0.3, 0.4) is 0 Å². The molecule has 0 bridgehead atoms. The summed E-state index contributed by atoms with van der Waals surface area (Å²) in [5, 5.41) is 4.49. The Morgan fingerprint density at radius 1 is 1.33 bits per heavy atom. The molecule has 0 atom stereocenters. The fourth-order valence-electron chi connectivity index (χ4n) is 1.78. The zero-order valence-electron chi connectivity index (χ0n) is 10.4. The van der Waals surface area contributed by atoms with Gasteiger partial charge in [0, 0.05) is 29.2 Å². The molecule has 0 amide bonds. The molecule has 18 heavy (non-hydrogen) atoms. The fourth-order valence-corrected chi connectivity index (χ4v) is 2.13. The third kappa shape index (κ3) is 3.43. The molecule has 2 rings (SSSR count). The topological polar surface area (TPSA) is 34.1 Å². The van der Waals surface area contributed by atoms with E-state index in [9.17, 15) is 0 Å². The van der Waals surface area contributed by atoms with Crippen LogP contribution in [-0.4, -0.2) is 24.7 Å². The van der Waals surface area contributed by atoms with Gasteiger partial charge in [-0.25, -0.2) is 0 Å². The molecule has 1 N–H and O–H groups in total. The van der Waals surface area contributed by atoms with Gasteiger partial charge >= 0.3 is 0 Å². The van der Waals surface area contributed by atoms with E-state index < -0.39 is 0 Å². The summed E-state index contributed by atoms with van der Waals surface area (Å²) in [6.07, 6.45) is 2.88. The molecule has 0 aliphatic heterocycles. The molecule has 0 radical (unpaired) electrons. The SMILES string of the molecule is CCCOCCNc1cccc2cc(Br)cnc12. The number of nitrogens with one attached hydrogen (secondary N) is 1. The number of ether oxygens (including phenoxy) is 1. The molecule has 0 aliphatic carbocycles. The molecule has 0 unspecified atom stereocenters. The highest BCUT2D eigenvalue weighted by Gasteiger charge is 2.02. The summed E-state index contributed by atoms with van der Waals surface area (Å²) in [5.74, 6) is 0. The first-order valence-electron chi connectivity index (χ1n) is 6.17. The highest BCUT2D eigenvalue weighted by atomic mass is 79.9. The Morgan fingerprint density at radius 3 is 3.06 bits per heavy atom. The smallest absolute Gasteiger partial charge is 0.0934 e. The number of hydrogen-bond donors (Lipinski definition) is 1. The van der Waals surface area contributed by atoms with Crippen molar-refractivity contribution in [1.82, 2.24) is 4.98 Å². The number of fused-ring (bicyclic) bond motifs is 1. The number of hydrogen-bond acceptors (Lipinski definition) is 3. The fraction of sp³-hybridized carbons (Fsp3) is 0.357. The monoisotopic (exact) mass is 308 g/mol. The molecular weight excluding hydrogens is 292 g/mol. The summed E-state index contributed by atoms with van der Waals surface area (Å²) >= 11 is 3.44. The summed E-state index contributed by atoms with van der Waals surface area (Å²) in [6.45, 7) is 4.46. The van der Waals surface area contributed by atoms with Gasteiger partial charge in [-0.3, -0.25) is 4.98 Å². The average Bonchev–Trinajstić information content (AvgIpc) is 2.38. The number of halogens is 1. The van der Waals surface area contributed by atoms with E-state index in [2.05, 4.69) is 45.3 Å². The molecule has 3 nitrogen and oxygen atoms in total. The first-order valence-corrected chi connectivity index (χ1v) is 6.96. The summed E-state index contributed by atoms with van der Waals surface area (Å²) < 4.78 is 6.44. The van der Waals surface area contributed by atoms with E-state index >= 15 is 0 Å². The Labute approximate surface area is 116 Å². The molecule has 1 heterocycles. The molecule has 0 aliphatic rings. The predicted molar refractivity (Wildman–Crippen MR) is 79.0 cm³/mol. The largest absolute Gasteiger partial charge is 0.381 e. The third-order valence-corrected chi connectivity index (χ3v) is 3.02. The first kappa shape index (κ1) is 13.3. The van der Waals surface area contributed by atoms with Crippen LogP contribution in [-0.2, 0) is 4.74 Å². The molecule has 1 aromatic heterocycles. The predicted octanol–water partition coefficient (Wildman–Crippen LogP) is 3.84. The van der Waals surface area contributed by atoms with Crippen LogP contribution in [0.4, 0.5) is 5.69 Å². The maximum absolute atomic E-state index is 5.45. The van der Waals surface area contributed by atoms with Crippen molar-refractivity contribution in [3.8, 4) is 0 Å². The molecule has 0 saturated carbocycles. The summed E-state index contributed by atoms with van der Waals surface area (Å²) in [5.41, 5.74) is 2.05. The molecule has 1 aromatic carbocycles. The Bertz CT molecular complexity index is 516. The lowest BCUT2D eigenvalue weighted by Gasteiger charge is -2.09. The lowest BCUT2D eigenvalue weighted by atomic mass is 10.2. The van der Waals surface area contributed by atoms with Crippen LogP contribution in [0, 0.1) is 0 Å². The van der Waals surface area contributed by atoms with Gasteiger partial charge in [-0.2, -0.15) is 0 Å². The van der Waals surface area contributed by atoms with Crippen LogP contribution in [0.5, 0.6) is 0 Å². The van der Waals surface area contributed by atoms with E-state index in [0.717, 1.165) is 47.2 Å². The molecule has 0 fully saturated rings. The van der Waals surface area contributed by atoms with Gasteiger partial charge < -0.3 is 10.1 Å². The zero-order chi connectivity index (χ0) is 12.8. The summed E-state index contributed by atoms with van der Waals surface area (Å²) in [6, 6.07) is 8.21. The Morgan fingerprint density at radius 2 is 2.22 bits per heavy atom. The Balaban J connectivity index is 2.04.